The van der Waals surface area contributed by atoms with Crippen molar-refractivity contribution in [3.05, 3.63) is 42.5 Å². The second kappa shape index (κ2) is 5.76. The highest BCUT2D eigenvalue weighted by molar-refractivity contribution is 5.00. The van der Waals surface area contributed by atoms with Crippen LogP contribution in [0.25, 0.3) is 0 Å². The highest BCUT2D eigenvalue weighted by Crippen LogP contribution is 2.24. The van der Waals surface area contributed by atoms with Gasteiger partial charge in [0.2, 0.25) is 0 Å². The molecule has 2 aromatic heterocycles. The first kappa shape index (κ1) is 12.7. The van der Waals surface area contributed by atoms with E-state index < -0.39 is 0 Å². The molecule has 0 radical (unpaired) electrons. The van der Waals surface area contributed by atoms with Crippen LogP contribution in [0.3, 0.4) is 0 Å². The van der Waals surface area contributed by atoms with Crippen molar-refractivity contribution in [3.8, 4) is 0 Å². The highest BCUT2D eigenvalue weighted by Gasteiger charge is 2.14. The molecule has 0 saturated carbocycles. The molecule has 0 bridgehead atoms. The van der Waals surface area contributed by atoms with E-state index in [1.807, 2.05) is 25.5 Å². The molecule has 2 aromatic rings. The summed E-state index contributed by atoms with van der Waals surface area (Å²) in [7, 11) is 2.04. The number of nitrogens with zero attached hydrogens (tertiary/aromatic N) is 4. The Bertz CT molecular complexity index is 478. The van der Waals surface area contributed by atoms with Crippen molar-refractivity contribution in [1.82, 2.24) is 19.5 Å². The lowest BCUT2D eigenvalue weighted by atomic mass is 9.97. The van der Waals surface area contributed by atoms with Gasteiger partial charge in [-0.05, 0) is 18.9 Å². The standard InChI is InChI=1S/C14H20N4/c1-11(13-15-7-4-8-16-13)5-6-12(2)14-17-9-10-18(14)3/h4,7-12H,5-6H2,1-3H3. The molecule has 0 aliphatic carbocycles. The van der Waals surface area contributed by atoms with Crippen LogP contribution in [0.15, 0.2) is 30.9 Å². The van der Waals surface area contributed by atoms with Crippen LogP contribution in [0.4, 0.5) is 0 Å². The van der Waals surface area contributed by atoms with Gasteiger partial charge in [-0.1, -0.05) is 13.8 Å². The number of aromatic nitrogens is 4. The summed E-state index contributed by atoms with van der Waals surface area (Å²) in [5.74, 6) is 2.95. The summed E-state index contributed by atoms with van der Waals surface area (Å²) in [6, 6.07) is 1.85. The SMILES string of the molecule is CC(CCC(C)c1nccn1C)c1ncccn1. The fraction of sp³-hybridized carbons (Fsp3) is 0.500. The molecule has 0 aliphatic heterocycles. The summed E-state index contributed by atoms with van der Waals surface area (Å²) >= 11 is 0. The molecule has 0 aliphatic rings. The summed E-state index contributed by atoms with van der Waals surface area (Å²) in [5.41, 5.74) is 0. The Morgan fingerprint density at radius 2 is 1.67 bits per heavy atom. The van der Waals surface area contributed by atoms with Gasteiger partial charge in [0, 0.05) is 43.7 Å². The van der Waals surface area contributed by atoms with Crippen molar-refractivity contribution < 1.29 is 0 Å². The van der Waals surface area contributed by atoms with Crippen molar-refractivity contribution in [2.45, 2.75) is 38.5 Å². The maximum Gasteiger partial charge on any atom is 0.130 e. The van der Waals surface area contributed by atoms with E-state index in [9.17, 15) is 0 Å². The number of imidazole rings is 1. The van der Waals surface area contributed by atoms with Crippen LogP contribution < -0.4 is 0 Å². The van der Waals surface area contributed by atoms with Crippen LogP contribution in [-0.4, -0.2) is 19.5 Å². The molecule has 0 N–H and O–H groups in total. The van der Waals surface area contributed by atoms with Gasteiger partial charge in [0.15, 0.2) is 0 Å². The largest absolute Gasteiger partial charge is 0.338 e. The lowest BCUT2D eigenvalue weighted by Crippen LogP contribution is -2.06. The molecular formula is C14H20N4. The minimum absolute atomic E-state index is 0.397. The summed E-state index contributed by atoms with van der Waals surface area (Å²) in [5, 5.41) is 0. The van der Waals surface area contributed by atoms with Crippen LogP contribution >= 0.6 is 0 Å². The van der Waals surface area contributed by atoms with Crippen LogP contribution in [0.1, 0.15) is 50.2 Å². The van der Waals surface area contributed by atoms with E-state index in [0.717, 1.165) is 24.5 Å². The predicted octanol–water partition coefficient (Wildman–Crippen LogP) is 2.90. The molecule has 4 heteroatoms. The topological polar surface area (TPSA) is 43.6 Å². The Morgan fingerprint density at radius 1 is 1.00 bits per heavy atom. The first-order chi connectivity index (χ1) is 8.68. The van der Waals surface area contributed by atoms with Gasteiger partial charge in [0.05, 0.1) is 0 Å². The van der Waals surface area contributed by atoms with Crippen LogP contribution in [-0.2, 0) is 7.05 Å². The molecular weight excluding hydrogens is 224 g/mol. The van der Waals surface area contributed by atoms with Gasteiger partial charge in [0.25, 0.3) is 0 Å². The van der Waals surface area contributed by atoms with Gasteiger partial charge < -0.3 is 4.57 Å². The van der Waals surface area contributed by atoms with Crippen molar-refractivity contribution in [3.63, 3.8) is 0 Å². The third-order valence-electron chi connectivity index (χ3n) is 3.36. The lowest BCUT2D eigenvalue weighted by Gasteiger charge is -2.14. The minimum atomic E-state index is 0.397. The van der Waals surface area contributed by atoms with E-state index in [4.69, 9.17) is 0 Å². The van der Waals surface area contributed by atoms with E-state index >= 15 is 0 Å². The molecule has 0 aromatic carbocycles. The molecule has 2 unspecified atom stereocenters. The Labute approximate surface area is 108 Å². The Hall–Kier alpha value is -1.71. The van der Waals surface area contributed by atoms with Crippen molar-refractivity contribution in [2.75, 3.05) is 0 Å². The summed E-state index contributed by atoms with van der Waals surface area (Å²) in [6.07, 6.45) is 9.65. The molecule has 2 atom stereocenters. The van der Waals surface area contributed by atoms with Gasteiger partial charge in [0.1, 0.15) is 11.6 Å². The normalized spacial score (nSPS) is 14.4. The molecule has 4 nitrogen and oxygen atoms in total. The number of hydrogen-bond donors (Lipinski definition) is 0. The zero-order chi connectivity index (χ0) is 13.0. The molecule has 96 valence electrons. The van der Waals surface area contributed by atoms with Gasteiger partial charge >= 0.3 is 0 Å². The van der Waals surface area contributed by atoms with E-state index in [1.54, 1.807) is 12.4 Å². The van der Waals surface area contributed by atoms with Crippen LogP contribution in [0.2, 0.25) is 0 Å². The predicted molar refractivity (Wildman–Crippen MR) is 71.3 cm³/mol. The van der Waals surface area contributed by atoms with E-state index in [1.165, 1.54) is 0 Å². The number of hydrogen-bond acceptors (Lipinski definition) is 3. The number of aryl methyl sites for hydroxylation is 1. The fourth-order valence-electron chi connectivity index (χ4n) is 2.18. The van der Waals surface area contributed by atoms with Crippen molar-refractivity contribution >= 4 is 0 Å². The first-order valence-corrected chi connectivity index (χ1v) is 6.42. The fourth-order valence-corrected chi connectivity index (χ4v) is 2.18. The zero-order valence-electron chi connectivity index (χ0n) is 11.2. The Balaban J connectivity index is 1.90. The number of rotatable bonds is 5. The van der Waals surface area contributed by atoms with E-state index in [0.29, 0.717) is 11.8 Å². The molecule has 0 fully saturated rings. The third-order valence-corrected chi connectivity index (χ3v) is 3.36. The summed E-state index contributed by atoms with van der Waals surface area (Å²) < 4.78 is 2.09. The summed E-state index contributed by atoms with van der Waals surface area (Å²) in [4.78, 5) is 13.0. The monoisotopic (exact) mass is 244 g/mol. The molecule has 0 amide bonds. The van der Waals surface area contributed by atoms with Gasteiger partial charge in [-0.15, -0.1) is 0 Å². The maximum absolute atomic E-state index is 4.40. The highest BCUT2D eigenvalue weighted by atomic mass is 15.0. The Morgan fingerprint density at radius 3 is 2.28 bits per heavy atom. The van der Waals surface area contributed by atoms with Gasteiger partial charge in [-0.2, -0.15) is 0 Å². The smallest absolute Gasteiger partial charge is 0.130 e. The molecule has 2 rings (SSSR count). The van der Waals surface area contributed by atoms with Crippen LogP contribution in [0.5, 0.6) is 0 Å². The second-order valence-electron chi connectivity index (χ2n) is 4.88. The van der Waals surface area contributed by atoms with E-state index in [-0.39, 0.29) is 0 Å². The van der Waals surface area contributed by atoms with Crippen LogP contribution in [0, 0.1) is 0 Å². The second-order valence-corrected chi connectivity index (χ2v) is 4.88. The quantitative estimate of drug-likeness (QED) is 0.812. The summed E-state index contributed by atoms with van der Waals surface area (Å²) in [6.45, 7) is 4.40. The average molecular weight is 244 g/mol. The molecule has 18 heavy (non-hydrogen) atoms. The first-order valence-electron chi connectivity index (χ1n) is 6.42. The maximum atomic E-state index is 4.40. The van der Waals surface area contributed by atoms with Gasteiger partial charge in [-0.25, -0.2) is 15.0 Å². The van der Waals surface area contributed by atoms with Crippen molar-refractivity contribution in [2.24, 2.45) is 7.05 Å². The average Bonchev–Trinajstić information content (AvgIpc) is 2.83. The lowest BCUT2D eigenvalue weighted by molar-refractivity contribution is 0.529. The Kier molecular flexibility index (Phi) is 4.07. The van der Waals surface area contributed by atoms with Gasteiger partial charge in [-0.3, -0.25) is 0 Å². The third kappa shape index (κ3) is 2.94. The van der Waals surface area contributed by atoms with E-state index in [2.05, 4.69) is 33.4 Å². The minimum Gasteiger partial charge on any atom is -0.338 e. The molecule has 0 saturated heterocycles. The zero-order valence-corrected chi connectivity index (χ0v) is 11.2. The molecule has 2 heterocycles. The molecule has 0 spiro atoms. The van der Waals surface area contributed by atoms with Crippen molar-refractivity contribution in [1.29, 1.82) is 0 Å².